The molecule has 1 amide bonds. The number of carboxylic acid groups (broad SMARTS) is 1. The molecule has 5 aliphatic carbocycles. The van der Waals surface area contributed by atoms with E-state index in [-0.39, 0.29) is 27.6 Å². The molecule has 5 heteroatoms. The monoisotopic (exact) mass is 611 g/mol. The summed E-state index contributed by atoms with van der Waals surface area (Å²) in [4.78, 5) is 25.4. The van der Waals surface area contributed by atoms with Crippen LogP contribution in [0.2, 0.25) is 0 Å². The van der Waals surface area contributed by atoms with Crippen LogP contribution in [0, 0.1) is 51.2 Å². The van der Waals surface area contributed by atoms with E-state index in [0.29, 0.717) is 41.7 Å². The molecule has 0 bridgehead atoms. The third kappa shape index (κ3) is 4.69. The molecule has 45 heavy (non-hydrogen) atoms. The zero-order chi connectivity index (χ0) is 32.2. The summed E-state index contributed by atoms with van der Waals surface area (Å²) in [6.45, 7) is 16.9. The van der Waals surface area contributed by atoms with Crippen molar-refractivity contribution in [1.29, 1.82) is 0 Å². The van der Waals surface area contributed by atoms with E-state index in [1.807, 2.05) is 18.2 Å². The van der Waals surface area contributed by atoms with Crippen LogP contribution >= 0.6 is 0 Å². The van der Waals surface area contributed by atoms with Crippen LogP contribution in [0.3, 0.4) is 0 Å². The lowest BCUT2D eigenvalue weighted by Gasteiger charge is -2.71. The van der Waals surface area contributed by atoms with Crippen LogP contribution in [0.25, 0.3) is 5.57 Å². The quantitative estimate of drug-likeness (QED) is 0.330. The standard InChI is InChI=1S/C38H49NO4.C2H4/c1-24-28(26-7-9-27(10-8-26)33(40)41)13-17-35(2)29(24)14-18-37(4)32(35)12-11-30-31-6-5-16-38(31,20-19-36(30,37)3)34(42)39-22-25-15-21-43-23-25;1-2/h7-10,13,15,21,23-24,29-32H,5-6,11-12,14,16-20,22H2,1-4H3,(H,39,42)(H,40,41);1-2H2/t24?,29?,30?,31?,32?,35?,36-,37?,38?;/m1./s1. The summed E-state index contributed by atoms with van der Waals surface area (Å²) in [6.07, 6.45) is 17.7. The van der Waals surface area contributed by atoms with Crippen molar-refractivity contribution in [2.75, 3.05) is 0 Å². The van der Waals surface area contributed by atoms with E-state index in [4.69, 9.17) is 4.42 Å². The summed E-state index contributed by atoms with van der Waals surface area (Å²) in [5, 5.41) is 12.7. The Labute approximate surface area is 269 Å². The number of benzene rings is 1. The van der Waals surface area contributed by atoms with Crippen molar-refractivity contribution in [2.45, 2.75) is 98.4 Å². The Morgan fingerprint density at radius 2 is 1.67 bits per heavy atom. The SMILES string of the molecule is C=C.CC1C(c2ccc(C(=O)O)cc2)=CCC2(C)C1CCC1(C)C2CCC2C3CCCC3(C(=O)NCc3ccoc3)CC[C@]21C. The van der Waals surface area contributed by atoms with Gasteiger partial charge in [0.15, 0.2) is 0 Å². The van der Waals surface area contributed by atoms with Gasteiger partial charge in [0.05, 0.1) is 23.5 Å². The number of amides is 1. The smallest absolute Gasteiger partial charge is 0.335 e. The highest BCUT2D eigenvalue weighted by molar-refractivity contribution is 5.88. The van der Waals surface area contributed by atoms with Gasteiger partial charge in [-0.2, -0.15) is 0 Å². The fraction of sp³-hybridized carbons (Fsp3) is 0.600. The summed E-state index contributed by atoms with van der Waals surface area (Å²) in [5.41, 5.74) is 4.56. The van der Waals surface area contributed by atoms with Gasteiger partial charge in [-0.05, 0) is 133 Å². The van der Waals surface area contributed by atoms with E-state index in [9.17, 15) is 14.7 Å². The number of fused-ring (bicyclic) bond motifs is 7. The van der Waals surface area contributed by atoms with Crippen LogP contribution in [0.15, 0.2) is 66.5 Å². The van der Waals surface area contributed by atoms with Gasteiger partial charge in [-0.3, -0.25) is 4.79 Å². The maximum atomic E-state index is 13.9. The van der Waals surface area contributed by atoms with Gasteiger partial charge >= 0.3 is 5.97 Å². The summed E-state index contributed by atoms with van der Waals surface area (Å²) in [7, 11) is 0. The number of nitrogens with one attached hydrogen (secondary N) is 1. The molecule has 8 unspecified atom stereocenters. The molecule has 4 saturated carbocycles. The number of allylic oxidation sites excluding steroid dienone is 2. The van der Waals surface area contributed by atoms with Gasteiger partial charge in [0.2, 0.25) is 5.91 Å². The number of hydrogen-bond acceptors (Lipinski definition) is 3. The molecule has 0 spiro atoms. The molecule has 1 heterocycles. The second kappa shape index (κ2) is 11.6. The first-order valence-electron chi connectivity index (χ1n) is 17.4. The highest BCUT2D eigenvalue weighted by Crippen LogP contribution is 2.76. The zero-order valence-electron chi connectivity index (χ0n) is 27.9. The van der Waals surface area contributed by atoms with Crippen molar-refractivity contribution in [3.63, 3.8) is 0 Å². The molecular formula is C40H53NO4. The minimum absolute atomic E-state index is 0.203. The first-order chi connectivity index (χ1) is 21.5. The van der Waals surface area contributed by atoms with Crippen LogP contribution in [-0.2, 0) is 11.3 Å². The van der Waals surface area contributed by atoms with E-state index >= 15 is 0 Å². The second-order valence-corrected chi connectivity index (χ2v) is 15.7. The average molecular weight is 612 g/mol. The first-order valence-corrected chi connectivity index (χ1v) is 17.4. The molecule has 0 saturated heterocycles. The van der Waals surface area contributed by atoms with Crippen molar-refractivity contribution in [2.24, 2.45) is 51.2 Å². The van der Waals surface area contributed by atoms with Crippen LogP contribution in [-0.4, -0.2) is 17.0 Å². The Kier molecular flexibility index (Phi) is 8.23. The lowest BCUT2D eigenvalue weighted by molar-refractivity contribution is -0.217. The minimum Gasteiger partial charge on any atom is -0.478 e. The highest BCUT2D eigenvalue weighted by Gasteiger charge is 2.69. The fourth-order valence-corrected chi connectivity index (χ4v) is 12.1. The third-order valence-electron chi connectivity index (χ3n) is 14.5. The molecule has 2 aromatic rings. The Balaban J connectivity index is 0.00000175. The molecule has 0 radical (unpaired) electrons. The van der Waals surface area contributed by atoms with Crippen LogP contribution in [0.1, 0.15) is 113 Å². The van der Waals surface area contributed by atoms with Gasteiger partial charge in [-0.1, -0.05) is 52.3 Å². The predicted octanol–water partition coefficient (Wildman–Crippen LogP) is 9.55. The fourth-order valence-electron chi connectivity index (χ4n) is 12.1. The number of hydrogen-bond donors (Lipinski definition) is 2. The molecular weight excluding hydrogens is 558 g/mol. The lowest BCUT2D eigenvalue weighted by atomic mass is 9.33. The Hall–Kier alpha value is -3.08. The maximum Gasteiger partial charge on any atom is 0.335 e. The van der Waals surface area contributed by atoms with Gasteiger partial charge in [0.1, 0.15) is 0 Å². The Bertz CT molecular complexity index is 1440. The third-order valence-corrected chi connectivity index (χ3v) is 14.5. The largest absolute Gasteiger partial charge is 0.478 e. The Morgan fingerprint density at radius 3 is 2.36 bits per heavy atom. The molecule has 5 nitrogen and oxygen atoms in total. The molecule has 242 valence electrons. The van der Waals surface area contributed by atoms with Gasteiger partial charge in [0, 0.05) is 12.1 Å². The summed E-state index contributed by atoms with van der Waals surface area (Å²) in [6, 6.07) is 9.47. The van der Waals surface area contributed by atoms with Crippen molar-refractivity contribution in [3.05, 3.63) is 78.8 Å². The van der Waals surface area contributed by atoms with Gasteiger partial charge in [0.25, 0.3) is 0 Å². The van der Waals surface area contributed by atoms with E-state index in [0.717, 1.165) is 31.2 Å². The van der Waals surface area contributed by atoms with Gasteiger partial charge in [-0.15, -0.1) is 13.2 Å². The molecule has 2 N–H and O–H groups in total. The molecule has 0 aliphatic heterocycles. The van der Waals surface area contributed by atoms with E-state index < -0.39 is 5.97 Å². The molecule has 1 aromatic carbocycles. The van der Waals surface area contributed by atoms with Crippen molar-refractivity contribution in [3.8, 4) is 0 Å². The molecule has 5 aliphatic rings. The zero-order valence-corrected chi connectivity index (χ0v) is 27.9. The van der Waals surface area contributed by atoms with Gasteiger partial charge < -0.3 is 14.8 Å². The van der Waals surface area contributed by atoms with Crippen molar-refractivity contribution >= 4 is 17.4 Å². The molecule has 1 aromatic heterocycles. The normalized spacial score (nSPS) is 39.9. The van der Waals surface area contributed by atoms with Crippen molar-refractivity contribution < 1.29 is 19.1 Å². The number of aromatic carboxylic acids is 1. The highest BCUT2D eigenvalue weighted by atomic mass is 16.4. The van der Waals surface area contributed by atoms with Crippen molar-refractivity contribution in [1.82, 2.24) is 5.32 Å². The molecule has 4 fully saturated rings. The van der Waals surface area contributed by atoms with E-state index in [1.165, 1.54) is 49.7 Å². The average Bonchev–Trinajstić information content (AvgIpc) is 3.72. The summed E-state index contributed by atoms with van der Waals surface area (Å²) >= 11 is 0. The number of carbonyl (C=O) groups is 2. The summed E-state index contributed by atoms with van der Waals surface area (Å²) in [5.74, 6) is 2.29. The number of carbonyl (C=O) groups excluding carboxylic acids is 1. The predicted molar refractivity (Wildman–Crippen MR) is 179 cm³/mol. The second-order valence-electron chi connectivity index (χ2n) is 15.7. The first kappa shape index (κ1) is 31.9. The van der Waals surface area contributed by atoms with E-state index in [1.54, 1.807) is 24.7 Å². The summed E-state index contributed by atoms with van der Waals surface area (Å²) < 4.78 is 5.24. The number of rotatable bonds is 5. The molecule has 9 atom stereocenters. The Morgan fingerprint density at radius 1 is 0.911 bits per heavy atom. The van der Waals surface area contributed by atoms with Crippen LogP contribution in [0.5, 0.6) is 0 Å². The number of furan rings is 1. The maximum absolute atomic E-state index is 13.9. The van der Waals surface area contributed by atoms with Crippen LogP contribution in [0.4, 0.5) is 0 Å². The van der Waals surface area contributed by atoms with Crippen LogP contribution < -0.4 is 5.32 Å². The minimum atomic E-state index is -0.868. The lowest BCUT2D eigenvalue weighted by Crippen LogP contribution is -2.65. The number of carboxylic acids is 1. The molecule has 7 rings (SSSR count). The van der Waals surface area contributed by atoms with Gasteiger partial charge in [-0.25, -0.2) is 4.79 Å². The topological polar surface area (TPSA) is 79.5 Å². The van der Waals surface area contributed by atoms with E-state index in [2.05, 4.69) is 52.2 Å².